The molecule has 1 amide bonds. The molecule has 204 valence electrons. The van der Waals surface area contributed by atoms with Crippen molar-refractivity contribution >= 4 is 6.41 Å². The first-order valence-electron chi connectivity index (χ1n) is 12.0. The van der Waals surface area contributed by atoms with Crippen LogP contribution < -0.4 is 11.1 Å². The van der Waals surface area contributed by atoms with Crippen LogP contribution in [0.4, 0.5) is 0 Å². The average Bonchev–Trinajstić information content (AvgIpc) is 2.85. The topological polar surface area (TPSA) is 138 Å². The lowest BCUT2D eigenvalue weighted by atomic mass is 10.5. The largest absolute Gasteiger partial charge is 0.379 e. The second-order valence-corrected chi connectivity index (χ2v) is 6.73. The molecule has 0 aliphatic heterocycles. The van der Waals surface area contributed by atoms with Gasteiger partial charge in [-0.05, 0) is 6.42 Å². The maximum Gasteiger partial charge on any atom is 0.207 e. The number of nitrogens with one attached hydrogen (secondary N) is 1. The van der Waals surface area contributed by atoms with Gasteiger partial charge in [-0.3, -0.25) is 4.79 Å². The van der Waals surface area contributed by atoms with Crippen molar-refractivity contribution < 1.29 is 47.4 Å². The normalized spacial score (nSPS) is 11.2. The van der Waals surface area contributed by atoms with Crippen LogP contribution in [0.25, 0.3) is 0 Å². The Balaban J connectivity index is 3.00. The van der Waals surface area contributed by atoms with Gasteiger partial charge in [0.25, 0.3) is 0 Å². The molecule has 0 saturated heterocycles. The summed E-state index contributed by atoms with van der Waals surface area (Å²) in [5.41, 5.74) is 5.31. The quantitative estimate of drug-likeness (QED) is 0.0920. The Morgan fingerprint density at radius 3 is 1.06 bits per heavy atom. The van der Waals surface area contributed by atoms with Gasteiger partial charge in [-0.25, -0.2) is 0 Å². The number of carbonyl (C=O) groups excluding carboxylic acids is 1. The van der Waals surface area contributed by atoms with Crippen molar-refractivity contribution in [2.45, 2.75) is 6.42 Å². The van der Waals surface area contributed by atoms with Gasteiger partial charge in [0.1, 0.15) is 0 Å². The summed E-state index contributed by atoms with van der Waals surface area (Å²) in [6.07, 6.45) is 1.47. The number of hydrogen-bond acceptors (Lipinski definition) is 11. The van der Waals surface area contributed by atoms with E-state index in [-0.39, 0.29) is 0 Å². The Morgan fingerprint density at radius 2 is 0.735 bits per heavy atom. The zero-order valence-electron chi connectivity index (χ0n) is 20.6. The number of rotatable bonds is 31. The molecule has 0 fully saturated rings. The molecule has 0 radical (unpaired) electrons. The minimum absolute atomic E-state index is 0.484. The minimum Gasteiger partial charge on any atom is -0.379 e. The Morgan fingerprint density at radius 1 is 0.441 bits per heavy atom. The van der Waals surface area contributed by atoms with Crippen molar-refractivity contribution in [1.82, 2.24) is 5.32 Å². The van der Waals surface area contributed by atoms with Crippen LogP contribution >= 0.6 is 0 Å². The maximum atomic E-state index is 10.0. The lowest BCUT2D eigenvalue weighted by Crippen LogP contribution is -2.19. The van der Waals surface area contributed by atoms with Crippen molar-refractivity contribution in [2.24, 2.45) is 5.73 Å². The molecular formula is C22H46N2O10. The fourth-order valence-corrected chi connectivity index (χ4v) is 2.28. The highest BCUT2D eigenvalue weighted by Gasteiger charge is 1.95. The standard InChI is InChI=1S/C22H46N2O10/c23-2-6-28-10-14-32-17-19-34-21-20-33-18-16-31-13-9-27-5-1-4-26-8-12-30-15-11-29-7-3-24-22-25/h22H,1-21,23H2,(H,24,25). The molecule has 0 spiro atoms. The highest BCUT2D eigenvalue weighted by Crippen LogP contribution is 1.88. The van der Waals surface area contributed by atoms with E-state index in [2.05, 4.69) is 5.32 Å². The van der Waals surface area contributed by atoms with Gasteiger partial charge in [-0.1, -0.05) is 0 Å². The molecule has 0 atom stereocenters. The first-order chi connectivity index (χ1) is 16.9. The van der Waals surface area contributed by atoms with Gasteiger partial charge in [0.05, 0.1) is 106 Å². The van der Waals surface area contributed by atoms with E-state index in [4.69, 9.17) is 48.4 Å². The minimum atomic E-state index is 0.484. The molecule has 0 rings (SSSR count). The molecule has 34 heavy (non-hydrogen) atoms. The van der Waals surface area contributed by atoms with Crippen LogP contribution in [0.3, 0.4) is 0 Å². The highest BCUT2D eigenvalue weighted by molar-refractivity contribution is 5.45. The van der Waals surface area contributed by atoms with Gasteiger partial charge in [-0.15, -0.1) is 0 Å². The number of ether oxygens (including phenoxy) is 9. The zero-order valence-corrected chi connectivity index (χ0v) is 20.6. The lowest BCUT2D eigenvalue weighted by molar-refractivity contribution is -0.109. The number of amides is 1. The lowest BCUT2D eigenvalue weighted by Gasteiger charge is -2.08. The first-order valence-corrected chi connectivity index (χ1v) is 12.0. The van der Waals surface area contributed by atoms with Gasteiger partial charge < -0.3 is 53.7 Å². The molecule has 0 saturated carbocycles. The number of nitrogens with two attached hydrogens (primary N) is 1. The summed E-state index contributed by atoms with van der Waals surface area (Å²) in [7, 11) is 0. The van der Waals surface area contributed by atoms with Crippen molar-refractivity contribution in [2.75, 3.05) is 132 Å². The average molecular weight is 499 g/mol. The molecule has 3 N–H and O–H groups in total. The van der Waals surface area contributed by atoms with E-state index < -0.39 is 0 Å². The fourth-order valence-electron chi connectivity index (χ4n) is 2.28. The third-order valence-corrected chi connectivity index (χ3v) is 3.92. The highest BCUT2D eigenvalue weighted by atomic mass is 16.6. The first kappa shape index (κ1) is 33.1. The molecule has 0 aliphatic rings. The van der Waals surface area contributed by atoms with Gasteiger partial charge in [-0.2, -0.15) is 0 Å². The molecule has 0 aromatic heterocycles. The Hall–Kier alpha value is -0.930. The molecule has 0 heterocycles. The van der Waals surface area contributed by atoms with Gasteiger partial charge in [0.2, 0.25) is 6.41 Å². The smallest absolute Gasteiger partial charge is 0.207 e. The van der Waals surface area contributed by atoms with Crippen LogP contribution in [0.5, 0.6) is 0 Å². The van der Waals surface area contributed by atoms with E-state index in [0.29, 0.717) is 138 Å². The molecular weight excluding hydrogens is 452 g/mol. The second kappa shape index (κ2) is 32.1. The summed E-state index contributed by atoms with van der Waals surface area (Å²) in [5.74, 6) is 0. The van der Waals surface area contributed by atoms with Gasteiger partial charge in [0.15, 0.2) is 0 Å². The summed E-state index contributed by atoms with van der Waals surface area (Å²) in [6, 6.07) is 0. The van der Waals surface area contributed by atoms with E-state index in [1.807, 2.05) is 0 Å². The molecule has 0 unspecified atom stereocenters. The molecule has 0 aromatic rings. The maximum absolute atomic E-state index is 10.0. The van der Waals surface area contributed by atoms with Crippen LogP contribution in [0.2, 0.25) is 0 Å². The molecule has 12 heteroatoms. The summed E-state index contributed by atoms with van der Waals surface area (Å²) in [6.45, 7) is 10.8. The van der Waals surface area contributed by atoms with E-state index in [0.717, 1.165) is 6.42 Å². The molecule has 0 aromatic carbocycles. The second-order valence-electron chi connectivity index (χ2n) is 6.73. The van der Waals surface area contributed by atoms with E-state index in [1.165, 1.54) is 0 Å². The summed E-state index contributed by atoms with van der Waals surface area (Å²) in [5, 5.41) is 2.52. The van der Waals surface area contributed by atoms with Gasteiger partial charge in [0, 0.05) is 26.3 Å². The Kier molecular flexibility index (Phi) is 31.2. The SMILES string of the molecule is NCCOCCOCCOCCOCCOCCOCCCOCCOCCOCCNC=O. The summed E-state index contributed by atoms with van der Waals surface area (Å²) < 4.78 is 48.4. The molecule has 12 nitrogen and oxygen atoms in total. The van der Waals surface area contributed by atoms with Gasteiger partial charge >= 0.3 is 0 Å². The third-order valence-electron chi connectivity index (χ3n) is 3.92. The van der Waals surface area contributed by atoms with Crippen LogP contribution in [-0.4, -0.2) is 138 Å². The summed E-state index contributed by atoms with van der Waals surface area (Å²) in [4.78, 5) is 10.0. The van der Waals surface area contributed by atoms with Crippen LogP contribution in [0.1, 0.15) is 6.42 Å². The van der Waals surface area contributed by atoms with Crippen molar-refractivity contribution in [3.8, 4) is 0 Å². The van der Waals surface area contributed by atoms with E-state index in [1.54, 1.807) is 0 Å². The van der Waals surface area contributed by atoms with Crippen LogP contribution in [0, 0.1) is 0 Å². The van der Waals surface area contributed by atoms with E-state index in [9.17, 15) is 4.79 Å². The van der Waals surface area contributed by atoms with Crippen molar-refractivity contribution in [3.05, 3.63) is 0 Å². The third kappa shape index (κ3) is 31.1. The predicted octanol–water partition coefficient (Wildman–Crippen LogP) is -0.769. The zero-order chi connectivity index (χ0) is 24.6. The van der Waals surface area contributed by atoms with E-state index >= 15 is 0 Å². The Bertz CT molecular complexity index is 384. The fraction of sp³-hybridized carbons (Fsp3) is 0.955. The van der Waals surface area contributed by atoms with Crippen LogP contribution in [0.15, 0.2) is 0 Å². The Labute approximate surface area is 203 Å². The summed E-state index contributed by atoms with van der Waals surface area (Å²) >= 11 is 0. The predicted molar refractivity (Wildman–Crippen MR) is 125 cm³/mol. The number of carbonyl (C=O) groups is 1. The van der Waals surface area contributed by atoms with Crippen molar-refractivity contribution in [1.29, 1.82) is 0 Å². The van der Waals surface area contributed by atoms with Crippen LogP contribution in [-0.2, 0) is 47.4 Å². The molecule has 0 aliphatic carbocycles. The monoisotopic (exact) mass is 498 g/mol. The molecule has 0 bridgehead atoms. The number of hydrogen-bond donors (Lipinski definition) is 2. The van der Waals surface area contributed by atoms with Crippen molar-refractivity contribution in [3.63, 3.8) is 0 Å².